The Morgan fingerprint density at radius 3 is 2.47 bits per heavy atom. The number of hydrogen-bond donors (Lipinski definition) is 0. The van der Waals surface area contributed by atoms with Crippen LogP contribution in [-0.4, -0.2) is 5.60 Å². The quantitative estimate of drug-likeness (QED) is 0.722. The molecule has 0 unspecified atom stereocenters. The van der Waals surface area contributed by atoms with E-state index >= 15 is 0 Å². The van der Waals surface area contributed by atoms with E-state index < -0.39 is 0 Å². The molecule has 0 amide bonds. The van der Waals surface area contributed by atoms with Crippen LogP contribution in [0, 0.1) is 6.08 Å². The average molecular weight is 201 g/mol. The summed E-state index contributed by atoms with van der Waals surface area (Å²) in [5.74, 6) is 0.825. The fourth-order valence-corrected chi connectivity index (χ4v) is 1.33. The van der Waals surface area contributed by atoms with Crippen LogP contribution in [0.2, 0.25) is 0 Å². The molecule has 0 heterocycles. The molecule has 1 aromatic carbocycles. The van der Waals surface area contributed by atoms with Crippen molar-refractivity contribution in [2.24, 2.45) is 0 Å². The van der Waals surface area contributed by atoms with Gasteiger partial charge in [-0.3, -0.25) is 0 Å². The summed E-state index contributed by atoms with van der Waals surface area (Å²) in [5.41, 5.74) is 1.66. The second kappa shape index (κ2) is 4.35. The minimum atomic E-state index is -0.211. The summed E-state index contributed by atoms with van der Waals surface area (Å²) < 4.78 is 5.83. The van der Waals surface area contributed by atoms with Gasteiger partial charge in [0.05, 0.1) is 0 Å². The van der Waals surface area contributed by atoms with Crippen LogP contribution in [-0.2, 0) is 0 Å². The molecule has 0 spiro atoms. The third-order valence-electron chi connectivity index (χ3n) is 1.88. The Labute approximate surface area is 92.1 Å². The van der Waals surface area contributed by atoms with E-state index in [1.165, 1.54) is 0 Å². The maximum Gasteiger partial charge on any atom is 0.127 e. The summed E-state index contributed by atoms with van der Waals surface area (Å²) in [6.07, 6.45) is 4.64. The summed E-state index contributed by atoms with van der Waals surface area (Å²) >= 11 is 0. The molecule has 0 fully saturated rings. The van der Waals surface area contributed by atoms with Crippen molar-refractivity contribution in [2.75, 3.05) is 0 Å². The monoisotopic (exact) mass is 201 g/mol. The molecule has 0 aliphatic carbocycles. The van der Waals surface area contributed by atoms with Crippen molar-refractivity contribution in [3.8, 4) is 5.75 Å². The lowest BCUT2D eigenvalue weighted by atomic mass is 10.1. The van der Waals surface area contributed by atoms with Crippen molar-refractivity contribution in [1.82, 2.24) is 0 Å². The number of hydrogen-bond acceptors (Lipinski definition) is 1. The van der Waals surface area contributed by atoms with Gasteiger partial charge in [0.25, 0.3) is 0 Å². The lowest BCUT2D eigenvalue weighted by Crippen LogP contribution is -2.23. The maximum absolute atomic E-state index is 5.83. The van der Waals surface area contributed by atoms with Crippen LogP contribution in [0.15, 0.2) is 31.4 Å². The maximum atomic E-state index is 5.83. The molecule has 0 N–H and O–H groups in total. The molecule has 0 saturated heterocycles. The first-order chi connectivity index (χ1) is 6.98. The highest BCUT2D eigenvalue weighted by Crippen LogP contribution is 2.27. The normalized spacial score (nSPS) is 10.9. The Morgan fingerprint density at radius 1 is 1.33 bits per heavy atom. The zero-order valence-electron chi connectivity index (χ0n) is 9.63. The minimum Gasteiger partial charge on any atom is -0.488 e. The summed E-state index contributed by atoms with van der Waals surface area (Å²) in [4.78, 5) is 0. The SMILES string of the molecule is C=[C]c1cccc(OC(C)(C)C)c1C=C. The Balaban J connectivity index is 3.17. The van der Waals surface area contributed by atoms with Gasteiger partial charge in [-0.1, -0.05) is 31.4 Å². The summed E-state index contributed by atoms with van der Waals surface area (Å²) in [5, 5.41) is 0. The molecule has 1 aromatic rings. The molecule has 15 heavy (non-hydrogen) atoms. The van der Waals surface area contributed by atoms with E-state index in [4.69, 9.17) is 4.74 Å². The van der Waals surface area contributed by atoms with E-state index in [9.17, 15) is 0 Å². The molecule has 0 aromatic heterocycles. The molecule has 1 heteroatoms. The molecule has 1 rings (SSSR count). The van der Waals surface area contributed by atoms with E-state index in [-0.39, 0.29) is 5.60 Å². The lowest BCUT2D eigenvalue weighted by molar-refractivity contribution is 0.130. The number of ether oxygens (including phenoxy) is 1. The van der Waals surface area contributed by atoms with Gasteiger partial charge >= 0.3 is 0 Å². The molecular formula is C14H17O. The van der Waals surface area contributed by atoms with Crippen molar-refractivity contribution < 1.29 is 4.74 Å². The van der Waals surface area contributed by atoms with Crippen LogP contribution in [0.25, 0.3) is 6.08 Å². The molecule has 0 bridgehead atoms. The van der Waals surface area contributed by atoms with Crippen molar-refractivity contribution in [3.63, 3.8) is 0 Å². The summed E-state index contributed by atoms with van der Waals surface area (Å²) in [6.45, 7) is 13.5. The molecule has 0 aliphatic heterocycles. The highest BCUT2D eigenvalue weighted by atomic mass is 16.5. The van der Waals surface area contributed by atoms with Crippen LogP contribution in [0.5, 0.6) is 5.75 Å². The first kappa shape index (κ1) is 11.6. The van der Waals surface area contributed by atoms with Gasteiger partial charge in [0.2, 0.25) is 0 Å². The fraction of sp³-hybridized carbons (Fsp3) is 0.286. The highest BCUT2D eigenvalue weighted by Gasteiger charge is 2.14. The Bertz CT molecular complexity index is 369. The minimum absolute atomic E-state index is 0.211. The van der Waals surface area contributed by atoms with Crippen LogP contribution in [0.3, 0.4) is 0 Å². The summed E-state index contributed by atoms with van der Waals surface area (Å²) in [6, 6.07) is 5.81. The third-order valence-corrected chi connectivity index (χ3v) is 1.88. The van der Waals surface area contributed by atoms with Crippen LogP contribution in [0.1, 0.15) is 31.9 Å². The topological polar surface area (TPSA) is 9.23 Å². The molecule has 0 aliphatic rings. The predicted octanol–water partition coefficient (Wildman–Crippen LogP) is 3.84. The zero-order valence-corrected chi connectivity index (χ0v) is 9.63. The zero-order chi connectivity index (χ0) is 11.5. The van der Waals surface area contributed by atoms with Crippen molar-refractivity contribution in [3.05, 3.63) is 48.6 Å². The first-order valence-electron chi connectivity index (χ1n) is 4.95. The Hall–Kier alpha value is -1.50. The van der Waals surface area contributed by atoms with Gasteiger partial charge in [-0.15, -0.1) is 0 Å². The standard InChI is InChI=1S/C14H17O/c1-6-11-9-8-10-13(12(11)7-2)15-14(3,4)5/h7-10H,1-2H2,3-5H3. The van der Waals surface area contributed by atoms with Gasteiger partial charge in [0.15, 0.2) is 0 Å². The molecular weight excluding hydrogens is 184 g/mol. The van der Waals surface area contributed by atoms with Gasteiger partial charge in [-0.2, -0.15) is 0 Å². The molecule has 79 valence electrons. The predicted molar refractivity (Wildman–Crippen MR) is 64.9 cm³/mol. The Morgan fingerprint density at radius 2 is 2.00 bits per heavy atom. The largest absolute Gasteiger partial charge is 0.488 e. The highest BCUT2D eigenvalue weighted by molar-refractivity contribution is 5.61. The lowest BCUT2D eigenvalue weighted by Gasteiger charge is -2.23. The fourth-order valence-electron chi connectivity index (χ4n) is 1.33. The average Bonchev–Trinajstić information content (AvgIpc) is 2.15. The van der Waals surface area contributed by atoms with Crippen molar-refractivity contribution >= 4 is 6.08 Å². The molecule has 0 atom stereocenters. The van der Waals surface area contributed by atoms with Gasteiger partial charge in [0.1, 0.15) is 11.4 Å². The van der Waals surface area contributed by atoms with E-state index in [1.807, 2.05) is 39.0 Å². The molecule has 1 nitrogen and oxygen atoms in total. The van der Waals surface area contributed by atoms with Crippen molar-refractivity contribution in [2.45, 2.75) is 26.4 Å². The van der Waals surface area contributed by atoms with Gasteiger partial charge in [-0.25, -0.2) is 0 Å². The second-order valence-electron chi connectivity index (χ2n) is 4.31. The van der Waals surface area contributed by atoms with Gasteiger partial charge < -0.3 is 4.74 Å². The Kier molecular flexibility index (Phi) is 3.35. The van der Waals surface area contributed by atoms with E-state index in [1.54, 1.807) is 6.08 Å². The van der Waals surface area contributed by atoms with Gasteiger partial charge in [0, 0.05) is 5.56 Å². The van der Waals surface area contributed by atoms with Gasteiger partial charge in [-0.05, 0) is 38.5 Å². The van der Waals surface area contributed by atoms with E-state index in [0.29, 0.717) is 0 Å². The van der Waals surface area contributed by atoms with Crippen LogP contribution < -0.4 is 4.74 Å². The summed E-state index contributed by atoms with van der Waals surface area (Å²) in [7, 11) is 0. The third kappa shape index (κ3) is 2.98. The number of rotatable bonds is 3. The van der Waals surface area contributed by atoms with Crippen LogP contribution in [0.4, 0.5) is 0 Å². The second-order valence-corrected chi connectivity index (χ2v) is 4.31. The molecule has 0 saturated carbocycles. The van der Waals surface area contributed by atoms with Crippen molar-refractivity contribution in [1.29, 1.82) is 0 Å². The smallest absolute Gasteiger partial charge is 0.127 e. The van der Waals surface area contributed by atoms with E-state index in [0.717, 1.165) is 16.9 Å². The number of benzene rings is 1. The first-order valence-corrected chi connectivity index (χ1v) is 4.95. The van der Waals surface area contributed by atoms with E-state index in [2.05, 4.69) is 19.2 Å². The van der Waals surface area contributed by atoms with Crippen LogP contribution >= 0.6 is 0 Å². The molecule has 1 radical (unpaired) electrons.